The predicted octanol–water partition coefficient (Wildman–Crippen LogP) is 4.19. The van der Waals surface area contributed by atoms with Crippen LogP contribution in [0.1, 0.15) is 13.8 Å². The topological polar surface area (TPSA) is 167 Å². The monoisotopic (exact) mass is 497 g/mol. The molecule has 13 nitrogen and oxygen atoms in total. The van der Waals surface area contributed by atoms with Gasteiger partial charge in [-0.15, -0.1) is 0 Å². The maximum Gasteiger partial charge on any atom is 0.409 e. The number of carbonyl (C=O) groups is 1. The number of nitrogens with one attached hydrogen (secondary N) is 2. The number of aromatic nitrogens is 2. The average Bonchev–Trinajstić information content (AvgIpc) is 2.85. The minimum atomic E-state index is -0.949. The van der Waals surface area contributed by atoms with E-state index in [1.807, 2.05) is 18.7 Å². The zero-order chi connectivity index (χ0) is 26.2. The van der Waals surface area contributed by atoms with Crippen molar-refractivity contribution < 1.29 is 23.9 Å². The third kappa shape index (κ3) is 6.00. The van der Waals surface area contributed by atoms with E-state index in [4.69, 9.17) is 19.9 Å². The number of carbonyl (C=O) groups excluding carboxylic acids is 1. The molecule has 36 heavy (non-hydrogen) atoms. The summed E-state index contributed by atoms with van der Waals surface area (Å²) < 4.78 is 15.7. The van der Waals surface area contributed by atoms with Crippen LogP contribution < -0.4 is 35.5 Å². The Morgan fingerprint density at radius 3 is 2.36 bits per heavy atom. The van der Waals surface area contributed by atoms with Crippen LogP contribution in [0.15, 0.2) is 42.6 Å². The lowest BCUT2D eigenvalue weighted by Crippen LogP contribution is -2.23. The molecule has 13 heteroatoms. The minimum Gasteiger partial charge on any atom is -0.495 e. The average molecular weight is 498 g/mol. The number of hydrogen-bond acceptors (Lipinski definition) is 11. The molecule has 0 spiro atoms. The van der Waals surface area contributed by atoms with Crippen LogP contribution in [0.4, 0.5) is 39.3 Å². The van der Waals surface area contributed by atoms with Gasteiger partial charge < -0.3 is 35.5 Å². The molecule has 3 aromatic rings. The molecule has 4 N–H and O–H groups in total. The Kier molecular flexibility index (Phi) is 8.28. The molecule has 0 radical (unpaired) electrons. The minimum absolute atomic E-state index is 0.0766. The number of primary amides is 1. The number of amides is 1. The maximum atomic E-state index is 11.8. The van der Waals surface area contributed by atoms with Crippen LogP contribution in [0.5, 0.6) is 17.2 Å². The van der Waals surface area contributed by atoms with Gasteiger partial charge in [-0.25, -0.2) is 9.78 Å². The summed E-state index contributed by atoms with van der Waals surface area (Å²) in [6.07, 6.45) is 0.550. The molecule has 2 aromatic carbocycles. The van der Waals surface area contributed by atoms with Crippen LogP contribution >= 0.6 is 0 Å². The summed E-state index contributed by atoms with van der Waals surface area (Å²) in [6, 6.07) is 9.27. The second-order valence-electron chi connectivity index (χ2n) is 7.27. The van der Waals surface area contributed by atoms with E-state index in [0.29, 0.717) is 47.5 Å². The van der Waals surface area contributed by atoms with E-state index in [2.05, 4.69) is 20.6 Å². The molecule has 0 aliphatic carbocycles. The van der Waals surface area contributed by atoms with Crippen LogP contribution in [0.2, 0.25) is 0 Å². The van der Waals surface area contributed by atoms with Crippen molar-refractivity contribution in [2.45, 2.75) is 13.8 Å². The molecule has 0 aliphatic heterocycles. The molecular formula is C23H27N7O6. The summed E-state index contributed by atoms with van der Waals surface area (Å²) in [5, 5.41) is 17.8. The van der Waals surface area contributed by atoms with Crippen molar-refractivity contribution in [3.63, 3.8) is 0 Å². The Morgan fingerprint density at radius 1 is 1.06 bits per heavy atom. The number of nitro benzene ring substituents is 1. The molecule has 0 saturated carbocycles. The van der Waals surface area contributed by atoms with E-state index in [1.54, 1.807) is 18.2 Å². The van der Waals surface area contributed by atoms with Crippen LogP contribution in [0, 0.1) is 10.1 Å². The Hall–Kier alpha value is -4.81. The van der Waals surface area contributed by atoms with Crippen molar-refractivity contribution >= 4 is 40.6 Å². The second-order valence-corrected chi connectivity index (χ2v) is 7.27. The van der Waals surface area contributed by atoms with Gasteiger partial charge in [0.1, 0.15) is 28.8 Å². The molecule has 190 valence electrons. The first-order chi connectivity index (χ1) is 17.3. The van der Waals surface area contributed by atoms with E-state index in [-0.39, 0.29) is 17.4 Å². The van der Waals surface area contributed by atoms with Crippen molar-refractivity contribution in [2.24, 2.45) is 5.73 Å². The van der Waals surface area contributed by atoms with Crippen LogP contribution in [-0.4, -0.2) is 48.3 Å². The van der Waals surface area contributed by atoms with Crippen molar-refractivity contribution in [3.05, 3.63) is 52.7 Å². The molecule has 0 unspecified atom stereocenters. The predicted molar refractivity (Wildman–Crippen MR) is 135 cm³/mol. The highest BCUT2D eigenvalue weighted by Crippen LogP contribution is 2.39. The SMILES string of the molecule is CCN(CC)c1cc(OC)c(Nc2nccc(Nc3cc(OC(N)=O)ccc3OC)n2)cc1[N+](=O)[O-]. The zero-order valence-corrected chi connectivity index (χ0v) is 20.3. The van der Waals surface area contributed by atoms with Gasteiger partial charge in [-0.2, -0.15) is 4.98 Å². The number of hydrogen-bond donors (Lipinski definition) is 3. The summed E-state index contributed by atoms with van der Waals surface area (Å²) in [6.45, 7) is 5.03. The van der Waals surface area contributed by atoms with Crippen LogP contribution in [0.25, 0.3) is 0 Å². The molecule has 1 aromatic heterocycles. The highest BCUT2D eigenvalue weighted by Gasteiger charge is 2.22. The highest BCUT2D eigenvalue weighted by molar-refractivity contribution is 5.77. The second kappa shape index (κ2) is 11.6. The smallest absolute Gasteiger partial charge is 0.409 e. The maximum absolute atomic E-state index is 11.8. The molecule has 1 heterocycles. The summed E-state index contributed by atoms with van der Waals surface area (Å²) in [5.74, 6) is 1.59. The molecule has 0 aliphatic rings. The number of methoxy groups -OCH3 is 2. The molecule has 0 fully saturated rings. The molecular weight excluding hydrogens is 470 g/mol. The fraction of sp³-hybridized carbons (Fsp3) is 0.261. The standard InChI is InChI=1S/C23H27N7O6/c1-5-29(6-2)17-13-20(35-4)16(12-18(17)30(32)33)27-23-25-10-9-21(28-23)26-15-11-14(36-22(24)31)7-8-19(15)34-3/h7-13H,5-6H2,1-4H3,(H2,24,31)(H2,25,26,27,28). The van der Waals surface area contributed by atoms with Gasteiger partial charge in [-0.1, -0.05) is 0 Å². The van der Waals surface area contributed by atoms with E-state index in [0.717, 1.165) is 0 Å². The van der Waals surface area contributed by atoms with Gasteiger partial charge in [0, 0.05) is 37.5 Å². The van der Waals surface area contributed by atoms with Gasteiger partial charge in [0.05, 0.1) is 30.5 Å². The fourth-order valence-electron chi connectivity index (χ4n) is 3.50. The van der Waals surface area contributed by atoms with Crippen molar-refractivity contribution in [3.8, 4) is 17.2 Å². The molecule has 0 bridgehead atoms. The van der Waals surface area contributed by atoms with Gasteiger partial charge in [0.2, 0.25) is 5.95 Å². The number of benzene rings is 2. The first-order valence-electron chi connectivity index (χ1n) is 10.9. The number of nitrogens with two attached hydrogens (primary N) is 1. The number of nitro groups is 1. The third-order valence-electron chi connectivity index (χ3n) is 5.15. The first kappa shape index (κ1) is 25.8. The van der Waals surface area contributed by atoms with Gasteiger partial charge in [0.15, 0.2) is 0 Å². The summed E-state index contributed by atoms with van der Waals surface area (Å²) in [7, 11) is 2.97. The van der Waals surface area contributed by atoms with Gasteiger partial charge in [-0.3, -0.25) is 10.1 Å². The molecule has 0 atom stereocenters. The van der Waals surface area contributed by atoms with Crippen LogP contribution in [-0.2, 0) is 0 Å². The largest absolute Gasteiger partial charge is 0.495 e. The molecule has 1 amide bonds. The normalized spacial score (nSPS) is 10.3. The van der Waals surface area contributed by atoms with Crippen LogP contribution in [0.3, 0.4) is 0 Å². The fourth-order valence-corrected chi connectivity index (χ4v) is 3.50. The van der Waals surface area contributed by atoms with Gasteiger partial charge in [0.25, 0.3) is 5.69 Å². The summed E-state index contributed by atoms with van der Waals surface area (Å²) in [4.78, 5) is 32.9. The Labute approximate surface area is 207 Å². The Morgan fingerprint density at radius 2 is 1.75 bits per heavy atom. The quantitative estimate of drug-likeness (QED) is 0.256. The lowest BCUT2D eigenvalue weighted by Gasteiger charge is -2.22. The highest BCUT2D eigenvalue weighted by atomic mass is 16.6. The number of ether oxygens (including phenoxy) is 3. The van der Waals surface area contributed by atoms with E-state index >= 15 is 0 Å². The lowest BCUT2D eigenvalue weighted by atomic mass is 10.2. The van der Waals surface area contributed by atoms with E-state index < -0.39 is 11.0 Å². The number of rotatable bonds is 11. The number of anilines is 5. The van der Waals surface area contributed by atoms with Crippen molar-refractivity contribution in [2.75, 3.05) is 42.8 Å². The zero-order valence-electron chi connectivity index (χ0n) is 20.3. The van der Waals surface area contributed by atoms with E-state index in [1.165, 1.54) is 38.6 Å². The van der Waals surface area contributed by atoms with Crippen molar-refractivity contribution in [1.82, 2.24) is 9.97 Å². The van der Waals surface area contributed by atoms with Gasteiger partial charge >= 0.3 is 6.09 Å². The number of nitrogens with zero attached hydrogens (tertiary/aromatic N) is 4. The van der Waals surface area contributed by atoms with E-state index in [9.17, 15) is 14.9 Å². The van der Waals surface area contributed by atoms with Crippen molar-refractivity contribution in [1.29, 1.82) is 0 Å². The van der Waals surface area contributed by atoms with Gasteiger partial charge in [-0.05, 0) is 32.0 Å². The Balaban J connectivity index is 1.93. The Bertz CT molecular complexity index is 1250. The third-order valence-corrected chi connectivity index (χ3v) is 5.15. The first-order valence-corrected chi connectivity index (χ1v) is 10.9. The lowest BCUT2D eigenvalue weighted by molar-refractivity contribution is -0.384. The molecule has 3 rings (SSSR count). The summed E-state index contributed by atoms with van der Waals surface area (Å²) >= 11 is 0. The molecule has 0 saturated heterocycles. The summed E-state index contributed by atoms with van der Waals surface area (Å²) in [5.41, 5.74) is 6.25.